The molecule has 0 aromatic heterocycles. The smallest absolute Gasteiger partial charge is 0.220 e. The van der Waals surface area contributed by atoms with Crippen molar-refractivity contribution >= 4 is 30.7 Å². The normalized spacial score (nSPS) is 23.2. The van der Waals surface area contributed by atoms with Gasteiger partial charge in [0.15, 0.2) is 0 Å². The van der Waals surface area contributed by atoms with E-state index < -0.39 is 0 Å². The average Bonchev–Trinajstić information content (AvgIpc) is 2.92. The summed E-state index contributed by atoms with van der Waals surface area (Å²) >= 11 is 0. The number of hydrogen-bond donors (Lipinski definition) is 2. The third-order valence-corrected chi connectivity index (χ3v) is 4.64. The average molecular weight is 340 g/mol. The van der Waals surface area contributed by atoms with Gasteiger partial charge in [0.25, 0.3) is 0 Å². The van der Waals surface area contributed by atoms with E-state index in [-0.39, 0.29) is 30.7 Å². The van der Waals surface area contributed by atoms with Crippen molar-refractivity contribution in [1.82, 2.24) is 15.5 Å². The van der Waals surface area contributed by atoms with Gasteiger partial charge in [-0.05, 0) is 63.7 Å². The summed E-state index contributed by atoms with van der Waals surface area (Å²) in [5, 5.41) is 6.50. The molecule has 2 heterocycles. The zero-order valence-electron chi connectivity index (χ0n) is 13.1. The maximum absolute atomic E-state index is 11.9. The van der Waals surface area contributed by atoms with Crippen molar-refractivity contribution in [1.29, 1.82) is 0 Å². The molecule has 2 aliphatic heterocycles. The molecule has 1 amide bonds. The van der Waals surface area contributed by atoms with Crippen LogP contribution in [-0.2, 0) is 4.79 Å². The number of halogens is 2. The van der Waals surface area contributed by atoms with E-state index in [1.165, 1.54) is 25.8 Å². The summed E-state index contributed by atoms with van der Waals surface area (Å²) in [6.45, 7) is 8.83. The van der Waals surface area contributed by atoms with Crippen molar-refractivity contribution in [2.24, 2.45) is 11.8 Å². The third-order valence-electron chi connectivity index (χ3n) is 4.64. The molecule has 0 spiro atoms. The van der Waals surface area contributed by atoms with Gasteiger partial charge in [0.05, 0.1) is 0 Å². The minimum Gasteiger partial charge on any atom is -0.356 e. The second-order valence-corrected chi connectivity index (χ2v) is 6.08. The molecular weight excluding hydrogens is 309 g/mol. The molecular formula is C15H31Cl2N3O. The zero-order valence-corrected chi connectivity index (χ0v) is 14.7. The Morgan fingerprint density at radius 3 is 2.52 bits per heavy atom. The second-order valence-electron chi connectivity index (χ2n) is 6.08. The van der Waals surface area contributed by atoms with Gasteiger partial charge in [-0.25, -0.2) is 0 Å². The van der Waals surface area contributed by atoms with Gasteiger partial charge in [0.2, 0.25) is 5.91 Å². The van der Waals surface area contributed by atoms with Gasteiger partial charge < -0.3 is 15.5 Å². The van der Waals surface area contributed by atoms with Crippen molar-refractivity contribution in [2.75, 3.05) is 39.3 Å². The van der Waals surface area contributed by atoms with Crippen LogP contribution < -0.4 is 10.6 Å². The molecule has 0 aromatic rings. The molecule has 2 N–H and O–H groups in total. The van der Waals surface area contributed by atoms with E-state index in [2.05, 4.69) is 22.5 Å². The predicted octanol–water partition coefficient (Wildman–Crippen LogP) is 2.07. The molecule has 2 fully saturated rings. The van der Waals surface area contributed by atoms with Crippen LogP contribution >= 0.6 is 24.8 Å². The van der Waals surface area contributed by atoms with E-state index in [4.69, 9.17) is 0 Å². The van der Waals surface area contributed by atoms with Crippen molar-refractivity contribution in [3.8, 4) is 0 Å². The van der Waals surface area contributed by atoms with Crippen LogP contribution in [-0.4, -0.2) is 50.1 Å². The molecule has 21 heavy (non-hydrogen) atoms. The monoisotopic (exact) mass is 339 g/mol. The lowest BCUT2D eigenvalue weighted by molar-refractivity contribution is -0.121. The summed E-state index contributed by atoms with van der Waals surface area (Å²) in [5.74, 6) is 1.69. The maximum Gasteiger partial charge on any atom is 0.220 e. The number of amides is 1. The van der Waals surface area contributed by atoms with Gasteiger partial charge in [-0.2, -0.15) is 0 Å². The van der Waals surface area contributed by atoms with Crippen LogP contribution in [0.2, 0.25) is 0 Å². The third kappa shape index (κ3) is 7.68. The van der Waals surface area contributed by atoms with Crippen molar-refractivity contribution in [2.45, 2.75) is 39.0 Å². The highest BCUT2D eigenvalue weighted by Gasteiger charge is 2.21. The number of rotatable bonds is 6. The minimum absolute atomic E-state index is 0. The molecule has 6 heteroatoms. The molecule has 2 saturated heterocycles. The van der Waals surface area contributed by atoms with E-state index in [0.717, 1.165) is 51.5 Å². The van der Waals surface area contributed by atoms with Crippen LogP contribution in [0.4, 0.5) is 0 Å². The number of carbonyl (C=O) groups is 1. The SMILES string of the molecule is CCN1CCC(CNC(=O)CCC2CCNCC2)C1.Cl.Cl. The standard InChI is InChI=1S/C15H29N3O.2ClH/c1-2-18-10-7-14(12-18)11-17-15(19)4-3-13-5-8-16-9-6-13;;/h13-14,16H,2-12H2,1H3,(H,17,19);2*1H. The van der Waals surface area contributed by atoms with Crippen LogP contribution in [0.5, 0.6) is 0 Å². The summed E-state index contributed by atoms with van der Waals surface area (Å²) in [6, 6.07) is 0. The van der Waals surface area contributed by atoms with Crippen molar-refractivity contribution in [3.63, 3.8) is 0 Å². The van der Waals surface area contributed by atoms with Gasteiger partial charge in [-0.15, -0.1) is 24.8 Å². The Bertz CT molecular complexity index is 286. The van der Waals surface area contributed by atoms with Crippen LogP contribution in [0.3, 0.4) is 0 Å². The minimum atomic E-state index is 0. The van der Waals surface area contributed by atoms with Crippen LogP contribution in [0.15, 0.2) is 0 Å². The molecule has 0 aliphatic carbocycles. The summed E-state index contributed by atoms with van der Waals surface area (Å²) in [4.78, 5) is 14.3. The Balaban J connectivity index is 0.00000200. The Hall–Kier alpha value is -0.0300. The number of nitrogens with zero attached hydrogens (tertiary/aromatic N) is 1. The first kappa shape index (κ1) is 21.0. The fraction of sp³-hybridized carbons (Fsp3) is 0.933. The summed E-state index contributed by atoms with van der Waals surface area (Å²) in [5.41, 5.74) is 0. The van der Waals surface area contributed by atoms with E-state index in [1.807, 2.05) is 0 Å². The maximum atomic E-state index is 11.9. The van der Waals surface area contributed by atoms with Crippen LogP contribution in [0, 0.1) is 11.8 Å². The molecule has 0 saturated carbocycles. The second kappa shape index (κ2) is 11.5. The van der Waals surface area contributed by atoms with Crippen molar-refractivity contribution in [3.05, 3.63) is 0 Å². The molecule has 1 atom stereocenters. The van der Waals surface area contributed by atoms with Gasteiger partial charge >= 0.3 is 0 Å². The first-order valence-electron chi connectivity index (χ1n) is 7.97. The number of nitrogens with one attached hydrogen (secondary N) is 2. The highest BCUT2D eigenvalue weighted by atomic mass is 35.5. The molecule has 2 rings (SSSR count). The molecule has 0 radical (unpaired) electrons. The Kier molecular flexibility index (Phi) is 11.5. The molecule has 0 bridgehead atoms. The highest BCUT2D eigenvalue weighted by molar-refractivity contribution is 5.85. The molecule has 2 aliphatic rings. The molecule has 4 nitrogen and oxygen atoms in total. The van der Waals surface area contributed by atoms with E-state index >= 15 is 0 Å². The number of piperidine rings is 1. The van der Waals surface area contributed by atoms with E-state index in [9.17, 15) is 4.79 Å². The number of hydrogen-bond acceptors (Lipinski definition) is 3. The Labute approximate surface area is 141 Å². The van der Waals surface area contributed by atoms with E-state index in [0.29, 0.717) is 5.92 Å². The van der Waals surface area contributed by atoms with Crippen LogP contribution in [0.25, 0.3) is 0 Å². The lowest BCUT2D eigenvalue weighted by Gasteiger charge is -2.22. The largest absolute Gasteiger partial charge is 0.356 e. The van der Waals surface area contributed by atoms with Gasteiger partial charge in [-0.1, -0.05) is 6.92 Å². The van der Waals surface area contributed by atoms with Crippen LogP contribution in [0.1, 0.15) is 39.0 Å². The van der Waals surface area contributed by atoms with Gasteiger partial charge in [0.1, 0.15) is 0 Å². The first-order chi connectivity index (χ1) is 9.28. The van der Waals surface area contributed by atoms with E-state index in [1.54, 1.807) is 0 Å². The Morgan fingerprint density at radius 1 is 1.19 bits per heavy atom. The Morgan fingerprint density at radius 2 is 1.90 bits per heavy atom. The van der Waals surface area contributed by atoms with Gasteiger partial charge in [0, 0.05) is 19.5 Å². The molecule has 126 valence electrons. The topological polar surface area (TPSA) is 44.4 Å². The lowest BCUT2D eigenvalue weighted by atomic mass is 9.93. The quantitative estimate of drug-likeness (QED) is 0.778. The fourth-order valence-electron chi connectivity index (χ4n) is 3.22. The molecule has 1 unspecified atom stereocenters. The summed E-state index contributed by atoms with van der Waals surface area (Å²) < 4.78 is 0. The van der Waals surface area contributed by atoms with Crippen molar-refractivity contribution < 1.29 is 4.79 Å². The number of likely N-dealkylation sites (tertiary alicyclic amines) is 1. The molecule has 0 aromatic carbocycles. The first-order valence-corrected chi connectivity index (χ1v) is 7.97. The summed E-state index contributed by atoms with van der Waals surface area (Å²) in [6.07, 6.45) is 5.50. The predicted molar refractivity (Wildman–Crippen MR) is 92.6 cm³/mol. The lowest BCUT2D eigenvalue weighted by Crippen LogP contribution is -2.32. The fourth-order valence-corrected chi connectivity index (χ4v) is 3.22. The van der Waals surface area contributed by atoms with Gasteiger partial charge in [-0.3, -0.25) is 4.79 Å². The zero-order chi connectivity index (χ0) is 13.5. The summed E-state index contributed by atoms with van der Waals surface area (Å²) in [7, 11) is 0. The highest BCUT2D eigenvalue weighted by Crippen LogP contribution is 2.18. The number of carbonyl (C=O) groups excluding carboxylic acids is 1.